The van der Waals surface area contributed by atoms with Crippen LogP contribution >= 0.6 is 11.3 Å². The minimum Gasteiger partial charge on any atom is -0.492 e. The van der Waals surface area contributed by atoms with Crippen LogP contribution in [0, 0.1) is 17.6 Å². The summed E-state index contributed by atoms with van der Waals surface area (Å²) >= 11 is 1.38. The lowest BCUT2D eigenvalue weighted by atomic mass is 9.96. The molecule has 1 fully saturated rings. The molecule has 12 heteroatoms. The van der Waals surface area contributed by atoms with Gasteiger partial charge < -0.3 is 4.74 Å². The lowest BCUT2D eigenvalue weighted by Crippen LogP contribution is -2.44. The van der Waals surface area contributed by atoms with Crippen molar-refractivity contribution in [3.05, 3.63) is 78.1 Å². The van der Waals surface area contributed by atoms with E-state index in [-0.39, 0.29) is 43.3 Å². The van der Waals surface area contributed by atoms with Gasteiger partial charge in [0.25, 0.3) is 0 Å². The van der Waals surface area contributed by atoms with Crippen molar-refractivity contribution in [1.82, 2.24) is 14.3 Å². The molecule has 0 spiro atoms. The average molecular weight is 573 g/mol. The van der Waals surface area contributed by atoms with Crippen LogP contribution in [0.3, 0.4) is 0 Å². The summed E-state index contributed by atoms with van der Waals surface area (Å²) in [5.41, 5.74) is 1.36. The molecule has 3 heterocycles. The summed E-state index contributed by atoms with van der Waals surface area (Å²) in [6.07, 6.45) is 2.20. The van der Waals surface area contributed by atoms with E-state index in [1.807, 2.05) is 37.3 Å². The minimum absolute atomic E-state index is 0.0729. The van der Waals surface area contributed by atoms with Gasteiger partial charge in [0.1, 0.15) is 11.3 Å². The minimum atomic E-state index is -4.03. The Kier molecular flexibility index (Phi) is 7.87. The number of rotatable bonds is 8. The molecule has 0 radical (unpaired) electrons. The second kappa shape index (κ2) is 11.3. The number of carbonyl (C=O) groups excluding carboxylic acids is 1. The lowest BCUT2D eigenvalue weighted by molar-refractivity contribution is -0.123. The maximum absolute atomic E-state index is 13.9. The predicted octanol–water partition coefficient (Wildman–Crippen LogP) is 5.00. The first-order chi connectivity index (χ1) is 18.8. The fourth-order valence-corrected chi connectivity index (χ4v) is 7.01. The van der Waals surface area contributed by atoms with E-state index >= 15 is 0 Å². The second-order valence-corrected chi connectivity index (χ2v) is 12.0. The van der Waals surface area contributed by atoms with E-state index in [1.54, 1.807) is 17.2 Å². The van der Waals surface area contributed by atoms with Crippen molar-refractivity contribution < 1.29 is 26.7 Å². The smallest absolute Gasteiger partial charge is 0.243 e. The number of piperidine rings is 1. The summed E-state index contributed by atoms with van der Waals surface area (Å²) in [6, 6.07) is 13.6. The van der Waals surface area contributed by atoms with Crippen molar-refractivity contribution in [3.63, 3.8) is 0 Å². The summed E-state index contributed by atoms with van der Waals surface area (Å²) in [6.45, 7) is 2.72. The molecule has 0 aliphatic carbocycles. The molecule has 5 rings (SSSR count). The number of para-hydroxylation sites is 1. The van der Waals surface area contributed by atoms with Crippen LogP contribution in [0.25, 0.3) is 10.2 Å². The number of carbonyl (C=O) groups is 1. The van der Waals surface area contributed by atoms with Crippen LogP contribution in [0.1, 0.15) is 25.5 Å². The standard InChI is InChI=1S/C27H26F2N4O4S2/c1-2-37-23-7-5-8-24-25(23)31-27(38-24)33(17-19-6-3-4-13-30-19)26(34)18-11-14-32(15-12-18)39(35,36)20-9-10-21(28)22(29)16-20/h3-10,13,16,18H,2,11-12,14-15,17H2,1H3. The van der Waals surface area contributed by atoms with E-state index in [1.165, 1.54) is 15.6 Å². The van der Waals surface area contributed by atoms with Crippen LogP contribution in [0.5, 0.6) is 5.75 Å². The Labute approximate surface area is 228 Å². The van der Waals surface area contributed by atoms with Crippen molar-refractivity contribution in [2.24, 2.45) is 5.92 Å². The molecule has 0 unspecified atom stereocenters. The molecular formula is C27H26F2N4O4S2. The van der Waals surface area contributed by atoms with E-state index in [0.717, 1.165) is 16.8 Å². The van der Waals surface area contributed by atoms with Gasteiger partial charge in [0.05, 0.1) is 28.4 Å². The Morgan fingerprint density at radius 2 is 1.90 bits per heavy atom. The average Bonchev–Trinajstić information content (AvgIpc) is 3.39. The Morgan fingerprint density at radius 1 is 1.10 bits per heavy atom. The highest BCUT2D eigenvalue weighted by Gasteiger charge is 2.35. The number of ether oxygens (including phenoxy) is 1. The first kappa shape index (κ1) is 27.1. The largest absolute Gasteiger partial charge is 0.492 e. The van der Waals surface area contributed by atoms with E-state index in [0.29, 0.717) is 34.8 Å². The normalized spacial score (nSPS) is 14.9. The number of thiazole rings is 1. The van der Waals surface area contributed by atoms with Crippen LogP contribution in [0.2, 0.25) is 0 Å². The number of benzene rings is 2. The van der Waals surface area contributed by atoms with Crippen LogP contribution in [-0.2, 0) is 21.4 Å². The summed E-state index contributed by atoms with van der Waals surface area (Å²) in [7, 11) is -4.03. The Balaban J connectivity index is 1.38. The Morgan fingerprint density at radius 3 is 2.59 bits per heavy atom. The summed E-state index contributed by atoms with van der Waals surface area (Å²) in [4.78, 5) is 24.3. The fraction of sp³-hybridized carbons (Fsp3) is 0.296. The molecule has 0 N–H and O–H groups in total. The number of anilines is 1. The molecule has 1 aliphatic heterocycles. The third-order valence-corrected chi connectivity index (χ3v) is 9.48. The third-order valence-electron chi connectivity index (χ3n) is 6.55. The number of hydrogen-bond acceptors (Lipinski definition) is 7. The topological polar surface area (TPSA) is 92.7 Å². The zero-order valence-corrected chi connectivity index (χ0v) is 22.7. The highest BCUT2D eigenvalue weighted by molar-refractivity contribution is 7.89. The van der Waals surface area contributed by atoms with Gasteiger partial charge in [0.2, 0.25) is 15.9 Å². The molecule has 4 aromatic rings. The second-order valence-electron chi connectivity index (χ2n) is 9.03. The number of amides is 1. The van der Waals surface area contributed by atoms with E-state index < -0.39 is 27.6 Å². The van der Waals surface area contributed by atoms with Crippen LogP contribution in [-0.4, -0.2) is 48.3 Å². The van der Waals surface area contributed by atoms with Gasteiger partial charge in [-0.25, -0.2) is 22.2 Å². The molecule has 204 valence electrons. The lowest BCUT2D eigenvalue weighted by Gasteiger charge is -2.33. The van der Waals surface area contributed by atoms with Crippen molar-refractivity contribution in [1.29, 1.82) is 0 Å². The van der Waals surface area contributed by atoms with Gasteiger partial charge in [-0.1, -0.05) is 23.5 Å². The molecular weight excluding hydrogens is 546 g/mol. The monoisotopic (exact) mass is 572 g/mol. The molecule has 0 bridgehead atoms. The quantitative estimate of drug-likeness (QED) is 0.295. The molecule has 2 aromatic heterocycles. The van der Waals surface area contributed by atoms with E-state index in [2.05, 4.69) is 4.98 Å². The number of halogens is 2. The van der Waals surface area contributed by atoms with E-state index in [9.17, 15) is 22.0 Å². The van der Waals surface area contributed by atoms with Gasteiger partial charge >= 0.3 is 0 Å². The molecule has 2 aromatic carbocycles. The van der Waals surface area contributed by atoms with Crippen molar-refractivity contribution in [2.45, 2.75) is 31.2 Å². The maximum atomic E-state index is 13.9. The van der Waals surface area contributed by atoms with E-state index in [4.69, 9.17) is 9.72 Å². The van der Waals surface area contributed by atoms with Crippen LogP contribution in [0.4, 0.5) is 13.9 Å². The molecule has 1 saturated heterocycles. The zero-order valence-electron chi connectivity index (χ0n) is 21.1. The van der Waals surface area contributed by atoms with Crippen molar-refractivity contribution >= 4 is 42.6 Å². The number of pyridine rings is 1. The number of aromatic nitrogens is 2. The fourth-order valence-electron chi connectivity index (χ4n) is 4.54. The van der Waals surface area contributed by atoms with Gasteiger partial charge in [-0.2, -0.15) is 4.31 Å². The van der Waals surface area contributed by atoms with Crippen molar-refractivity contribution in [2.75, 3.05) is 24.6 Å². The first-order valence-corrected chi connectivity index (χ1v) is 14.7. The third kappa shape index (κ3) is 5.63. The number of hydrogen-bond donors (Lipinski definition) is 0. The SMILES string of the molecule is CCOc1cccc2sc(N(Cc3ccccn3)C(=O)C3CCN(S(=O)(=O)c4ccc(F)c(F)c4)CC3)nc12. The molecule has 0 saturated carbocycles. The van der Waals surface area contributed by atoms with Gasteiger partial charge in [-0.05, 0) is 62.2 Å². The number of fused-ring (bicyclic) bond motifs is 1. The van der Waals surface area contributed by atoms with Gasteiger partial charge in [0.15, 0.2) is 16.8 Å². The van der Waals surface area contributed by atoms with Crippen molar-refractivity contribution in [3.8, 4) is 5.75 Å². The molecule has 1 amide bonds. The molecule has 0 atom stereocenters. The number of nitrogens with zero attached hydrogens (tertiary/aromatic N) is 4. The highest BCUT2D eigenvalue weighted by Crippen LogP contribution is 2.36. The zero-order chi connectivity index (χ0) is 27.6. The van der Waals surface area contributed by atoms with Crippen LogP contribution < -0.4 is 9.64 Å². The Bertz CT molecular complexity index is 1590. The Hall–Kier alpha value is -3.48. The van der Waals surface area contributed by atoms with Gasteiger partial charge in [-0.15, -0.1) is 0 Å². The summed E-state index contributed by atoms with van der Waals surface area (Å²) < 4.78 is 60.9. The first-order valence-electron chi connectivity index (χ1n) is 12.5. The van der Waals surface area contributed by atoms with Crippen LogP contribution in [0.15, 0.2) is 65.7 Å². The number of sulfonamides is 1. The highest BCUT2D eigenvalue weighted by atomic mass is 32.2. The predicted molar refractivity (Wildman–Crippen MR) is 144 cm³/mol. The molecule has 1 aliphatic rings. The van der Waals surface area contributed by atoms with Gasteiger partial charge in [0, 0.05) is 25.2 Å². The van der Waals surface area contributed by atoms with Gasteiger partial charge in [-0.3, -0.25) is 14.7 Å². The maximum Gasteiger partial charge on any atom is 0.243 e. The molecule has 39 heavy (non-hydrogen) atoms. The molecule has 8 nitrogen and oxygen atoms in total. The summed E-state index contributed by atoms with van der Waals surface area (Å²) in [5, 5.41) is 0.504. The summed E-state index contributed by atoms with van der Waals surface area (Å²) in [5.74, 6) is -2.34.